The SMILES string of the molecule is C=C(C)CN(CC)C(=O)CN1CCN(C(=O)c2cccc(Cl)c2)CC1. The van der Waals surface area contributed by atoms with Crippen LogP contribution < -0.4 is 0 Å². The molecule has 1 aliphatic heterocycles. The monoisotopic (exact) mass is 363 g/mol. The first-order chi connectivity index (χ1) is 11.9. The van der Waals surface area contributed by atoms with Gasteiger partial charge in [0.2, 0.25) is 5.91 Å². The highest BCUT2D eigenvalue weighted by molar-refractivity contribution is 6.30. The standard InChI is InChI=1S/C19H26ClN3O2/c1-4-22(13-15(2)3)18(24)14-21-8-10-23(11-9-21)19(25)16-6-5-7-17(20)12-16/h5-7,12H,2,4,8-11,13-14H2,1,3H3. The summed E-state index contributed by atoms with van der Waals surface area (Å²) in [6, 6.07) is 7.01. The van der Waals surface area contributed by atoms with Gasteiger partial charge in [-0.3, -0.25) is 14.5 Å². The lowest BCUT2D eigenvalue weighted by atomic mass is 10.2. The average molecular weight is 364 g/mol. The van der Waals surface area contributed by atoms with Crippen LogP contribution in [0.25, 0.3) is 0 Å². The van der Waals surface area contributed by atoms with Crippen molar-refractivity contribution in [3.05, 3.63) is 47.0 Å². The molecular formula is C19H26ClN3O2. The predicted molar refractivity (Wildman–Crippen MR) is 101 cm³/mol. The molecule has 0 radical (unpaired) electrons. The van der Waals surface area contributed by atoms with Gasteiger partial charge >= 0.3 is 0 Å². The van der Waals surface area contributed by atoms with Crippen LogP contribution >= 0.6 is 11.6 Å². The van der Waals surface area contributed by atoms with E-state index in [2.05, 4.69) is 11.5 Å². The van der Waals surface area contributed by atoms with Crippen LogP contribution in [-0.2, 0) is 4.79 Å². The summed E-state index contributed by atoms with van der Waals surface area (Å²) >= 11 is 5.96. The molecule has 0 bridgehead atoms. The molecule has 1 aromatic rings. The molecule has 1 aliphatic rings. The molecular weight excluding hydrogens is 338 g/mol. The van der Waals surface area contributed by atoms with Crippen molar-refractivity contribution >= 4 is 23.4 Å². The summed E-state index contributed by atoms with van der Waals surface area (Å²) < 4.78 is 0. The fraction of sp³-hybridized carbons (Fsp3) is 0.474. The van der Waals surface area contributed by atoms with Gasteiger partial charge in [0.1, 0.15) is 0 Å². The summed E-state index contributed by atoms with van der Waals surface area (Å²) in [6.45, 7) is 12.1. The van der Waals surface area contributed by atoms with E-state index in [1.54, 1.807) is 24.3 Å². The molecule has 1 heterocycles. The quantitative estimate of drug-likeness (QED) is 0.729. The summed E-state index contributed by atoms with van der Waals surface area (Å²) in [5.74, 6) is 0.103. The van der Waals surface area contributed by atoms with Gasteiger partial charge in [-0.2, -0.15) is 0 Å². The molecule has 0 atom stereocenters. The molecule has 0 saturated carbocycles. The van der Waals surface area contributed by atoms with E-state index >= 15 is 0 Å². The van der Waals surface area contributed by atoms with Crippen molar-refractivity contribution < 1.29 is 9.59 Å². The van der Waals surface area contributed by atoms with Gasteiger partial charge in [0.15, 0.2) is 0 Å². The molecule has 2 rings (SSSR count). The molecule has 0 aliphatic carbocycles. The van der Waals surface area contributed by atoms with Gasteiger partial charge in [-0.05, 0) is 32.0 Å². The van der Waals surface area contributed by atoms with Crippen molar-refractivity contribution in [2.75, 3.05) is 45.8 Å². The maximum absolute atomic E-state index is 12.5. The van der Waals surface area contributed by atoms with Gasteiger partial charge in [-0.15, -0.1) is 0 Å². The van der Waals surface area contributed by atoms with Crippen LogP contribution in [0.5, 0.6) is 0 Å². The second-order valence-electron chi connectivity index (χ2n) is 6.44. The molecule has 2 amide bonds. The van der Waals surface area contributed by atoms with E-state index in [-0.39, 0.29) is 11.8 Å². The Morgan fingerprint density at radius 2 is 1.92 bits per heavy atom. The van der Waals surface area contributed by atoms with Crippen LogP contribution in [0.2, 0.25) is 5.02 Å². The zero-order valence-corrected chi connectivity index (χ0v) is 15.8. The largest absolute Gasteiger partial charge is 0.338 e. The highest BCUT2D eigenvalue weighted by Crippen LogP contribution is 2.14. The molecule has 136 valence electrons. The van der Waals surface area contributed by atoms with Crippen molar-refractivity contribution in [3.63, 3.8) is 0 Å². The average Bonchev–Trinajstić information content (AvgIpc) is 2.59. The lowest BCUT2D eigenvalue weighted by Gasteiger charge is -2.35. The Balaban J connectivity index is 1.86. The second kappa shape index (κ2) is 9.02. The molecule has 0 aromatic heterocycles. The van der Waals surface area contributed by atoms with Crippen LogP contribution in [-0.4, -0.2) is 72.3 Å². The minimum Gasteiger partial charge on any atom is -0.338 e. The zero-order valence-electron chi connectivity index (χ0n) is 15.0. The summed E-state index contributed by atoms with van der Waals surface area (Å²) in [5.41, 5.74) is 1.59. The highest BCUT2D eigenvalue weighted by atomic mass is 35.5. The number of hydrogen-bond donors (Lipinski definition) is 0. The predicted octanol–water partition coefficient (Wildman–Crippen LogP) is 2.52. The van der Waals surface area contributed by atoms with E-state index in [1.807, 2.05) is 23.6 Å². The molecule has 25 heavy (non-hydrogen) atoms. The van der Waals surface area contributed by atoms with Gasteiger partial charge < -0.3 is 9.80 Å². The molecule has 0 unspecified atom stereocenters. The molecule has 0 spiro atoms. The van der Waals surface area contributed by atoms with Crippen LogP contribution in [0.1, 0.15) is 24.2 Å². The molecule has 0 N–H and O–H groups in total. The third-order valence-corrected chi connectivity index (χ3v) is 4.52. The normalized spacial score (nSPS) is 15.1. The lowest BCUT2D eigenvalue weighted by Crippen LogP contribution is -2.51. The Bertz CT molecular complexity index is 639. The number of carbonyl (C=O) groups is 2. The first-order valence-corrected chi connectivity index (χ1v) is 8.98. The zero-order chi connectivity index (χ0) is 18.4. The fourth-order valence-electron chi connectivity index (χ4n) is 2.91. The number of nitrogens with zero attached hydrogens (tertiary/aromatic N) is 3. The van der Waals surface area contributed by atoms with Gasteiger partial charge in [0, 0.05) is 49.9 Å². The van der Waals surface area contributed by atoms with Gasteiger partial charge in [-0.25, -0.2) is 0 Å². The maximum atomic E-state index is 12.5. The first-order valence-electron chi connectivity index (χ1n) is 8.60. The van der Waals surface area contributed by atoms with E-state index in [1.165, 1.54) is 0 Å². The number of likely N-dealkylation sites (N-methyl/N-ethyl adjacent to an activating group) is 1. The molecule has 1 aromatic carbocycles. The molecule has 5 nitrogen and oxygen atoms in total. The van der Waals surface area contributed by atoms with Crippen molar-refractivity contribution in [1.29, 1.82) is 0 Å². The maximum Gasteiger partial charge on any atom is 0.253 e. The number of piperazine rings is 1. The van der Waals surface area contributed by atoms with E-state index in [0.717, 1.165) is 5.57 Å². The number of halogens is 1. The summed E-state index contributed by atoms with van der Waals surface area (Å²) in [4.78, 5) is 30.7. The second-order valence-corrected chi connectivity index (χ2v) is 6.88. The minimum absolute atomic E-state index is 0.00839. The van der Waals surface area contributed by atoms with E-state index in [9.17, 15) is 9.59 Å². The lowest BCUT2D eigenvalue weighted by molar-refractivity contribution is -0.132. The fourth-order valence-corrected chi connectivity index (χ4v) is 3.10. The summed E-state index contributed by atoms with van der Waals surface area (Å²) in [7, 11) is 0. The first kappa shape index (κ1) is 19.5. The van der Waals surface area contributed by atoms with E-state index in [0.29, 0.717) is 56.4 Å². The smallest absolute Gasteiger partial charge is 0.253 e. The van der Waals surface area contributed by atoms with Crippen molar-refractivity contribution in [2.24, 2.45) is 0 Å². The Morgan fingerprint density at radius 1 is 1.24 bits per heavy atom. The van der Waals surface area contributed by atoms with Gasteiger partial charge in [0.05, 0.1) is 6.54 Å². The third-order valence-electron chi connectivity index (χ3n) is 4.29. The van der Waals surface area contributed by atoms with Crippen LogP contribution in [0, 0.1) is 0 Å². The number of hydrogen-bond acceptors (Lipinski definition) is 3. The minimum atomic E-state index is -0.00839. The number of rotatable bonds is 6. The Morgan fingerprint density at radius 3 is 2.48 bits per heavy atom. The molecule has 1 fully saturated rings. The van der Waals surface area contributed by atoms with E-state index in [4.69, 9.17) is 11.6 Å². The Kier molecular flexibility index (Phi) is 7.02. The van der Waals surface area contributed by atoms with Gasteiger partial charge in [0.25, 0.3) is 5.91 Å². The summed E-state index contributed by atoms with van der Waals surface area (Å²) in [6.07, 6.45) is 0. The Hall–Kier alpha value is -1.85. The third kappa shape index (κ3) is 5.58. The van der Waals surface area contributed by atoms with Crippen molar-refractivity contribution in [1.82, 2.24) is 14.7 Å². The number of carbonyl (C=O) groups excluding carboxylic acids is 2. The van der Waals surface area contributed by atoms with Crippen molar-refractivity contribution in [3.8, 4) is 0 Å². The highest BCUT2D eigenvalue weighted by Gasteiger charge is 2.24. The summed E-state index contributed by atoms with van der Waals surface area (Å²) in [5, 5.41) is 0.562. The molecule has 6 heteroatoms. The molecule has 1 saturated heterocycles. The van der Waals surface area contributed by atoms with Crippen LogP contribution in [0.3, 0.4) is 0 Å². The Labute approximate surface area is 154 Å². The van der Waals surface area contributed by atoms with Crippen LogP contribution in [0.15, 0.2) is 36.4 Å². The van der Waals surface area contributed by atoms with Crippen molar-refractivity contribution in [2.45, 2.75) is 13.8 Å². The van der Waals surface area contributed by atoms with E-state index < -0.39 is 0 Å². The van der Waals surface area contributed by atoms with Gasteiger partial charge in [-0.1, -0.05) is 29.8 Å². The number of benzene rings is 1. The number of amides is 2. The topological polar surface area (TPSA) is 43.9 Å². The van der Waals surface area contributed by atoms with Crippen LogP contribution in [0.4, 0.5) is 0 Å².